The molecule has 3 atom stereocenters. The van der Waals surface area contributed by atoms with Crippen LogP contribution in [0, 0.1) is 0 Å². The second kappa shape index (κ2) is 5.34. The van der Waals surface area contributed by atoms with Crippen molar-refractivity contribution in [2.24, 2.45) is 0 Å². The number of halogens is 1. The van der Waals surface area contributed by atoms with Gasteiger partial charge in [-0.3, -0.25) is 0 Å². The fourth-order valence-electron chi connectivity index (χ4n) is 2.14. The van der Waals surface area contributed by atoms with E-state index in [4.69, 9.17) is 9.15 Å². The average molecular weight is 288 g/mol. The molecule has 3 unspecified atom stereocenters. The summed E-state index contributed by atoms with van der Waals surface area (Å²) in [6, 6.07) is 4.49. The molecule has 90 valence electrons. The minimum absolute atomic E-state index is 0.213. The van der Waals surface area contributed by atoms with Crippen LogP contribution in [0.3, 0.4) is 0 Å². The quantitative estimate of drug-likeness (QED) is 0.923. The van der Waals surface area contributed by atoms with Crippen LogP contribution < -0.4 is 5.32 Å². The van der Waals surface area contributed by atoms with E-state index in [0.29, 0.717) is 12.1 Å². The van der Waals surface area contributed by atoms with Gasteiger partial charge in [0.05, 0.1) is 12.1 Å². The van der Waals surface area contributed by atoms with E-state index in [0.717, 1.165) is 23.5 Å². The molecule has 1 N–H and O–H groups in total. The van der Waals surface area contributed by atoms with E-state index in [1.165, 1.54) is 6.42 Å². The maximum Gasteiger partial charge on any atom is 0.169 e. The Bertz CT molecular complexity index is 334. The van der Waals surface area contributed by atoms with Crippen molar-refractivity contribution in [3.8, 4) is 0 Å². The smallest absolute Gasteiger partial charge is 0.169 e. The highest BCUT2D eigenvalue weighted by atomic mass is 79.9. The lowest BCUT2D eigenvalue weighted by atomic mass is 10.1. The van der Waals surface area contributed by atoms with Crippen LogP contribution in [0.5, 0.6) is 0 Å². The van der Waals surface area contributed by atoms with Crippen LogP contribution >= 0.6 is 15.9 Å². The summed E-state index contributed by atoms with van der Waals surface area (Å²) in [5.41, 5.74) is 0. The maximum absolute atomic E-state index is 5.65. The third-order valence-corrected chi connectivity index (χ3v) is 3.48. The summed E-state index contributed by atoms with van der Waals surface area (Å²) in [5.74, 6) is 0.955. The van der Waals surface area contributed by atoms with E-state index in [1.54, 1.807) is 0 Å². The minimum atomic E-state index is 0.213. The summed E-state index contributed by atoms with van der Waals surface area (Å²) in [4.78, 5) is 0. The minimum Gasteiger partial charge on any atom is -0.453 e. The Morgan fingerprint density at radius 2 is 2.25 bits per heavy atom. The molecular formula is C12H18BrNO2. The van der Waals surface area contributed by atoms with Gasteiger partial charge in [0.15, 0.2) is 4.67 Å². The van der Waals surface area contributed by atoms with Crippen LogP contribution in [0.1, 0.15) is 38.5 Å². The monoisotopic (exact) mass is 287 g/mol. The lowest BCUT2D eigenvalue weighted by Gasteiger charge is -2.23. The molecule has 0 aromatic carbocycles. The Morgan fingerprint density at radius 3 is 2.81 bits per heavy atom. The molecule has 1 aliphatic rings. The number of nitrogens with one attached hydrogen (secondary N) is 1. The van der Waals surface area contributed by atoms with Gasteiger partial charge in [0.2, 0.25) is 0 Å². The van der Waals surface area contributed by atoms with Crippen molar-refractivity contribution in [3.63, 3.8) is 0 Å². The van der Waals surface area contributed by atoms with Gasteiger partial charge < -0.3 is 14.5 Å². The number of ether oxygens (including phenoxy) is 1. The molecular weight excluding hydrogens is 270 g/mol. The molecule has 1 aromatic heterocycles. The highest BCUT2D eigenvalue weighted by Gasteiger charge is 2.24. The van der Waals surface area contributed by atoms with Crippen LogP contribution in [-0.2, 0) is 4.74 Å². The third-order valence-electron chi connectivity index (χ3n) is 3.06. The van der Waals surface area contributed by atoms with Gasteiger partial charge in [-0.1, -0.05) is 0 Å². The lowest BCUT2D eigenvalue weighted by molar-refractivity contribution is 0.0794. The largest absolute Gasteiger partial charge is 0.453 e. The Kier molecular flexibility index (Phi) is 4.05. The van der Waals surface area contributed by atoms with E-state index >= 15 is 0 Å². The molecule has 0 bridgehead atoms. The van der Waals surface area contributed by atoms with Gasteiger partial charge >= 0.3 is 0 Å². The first kappa shape index (κ1) is 12.1. The highest BCUT2D eigenvalue weighted by molar-refractivity contribution is 9.10. The van der Waals surface area contributed by atoms with E-state index in [1.807, 2.05) is 12.1 Å². The van der Waals surface area contributed by atoms with Crippen molar-refractivity contribution in [1.82, 2.24) is 5.32 Å². The molecule has 1 saturated heterocycles. The van der Waals surface area contributed by atoms with Crippen LogP contribution in [0.4, 0.5) is 0 Å². The topological polar surface area (TPSA) is 34.4 Å². The standard InChI is InChI=1S/C12H18BrNO2/c1-8(10-4-3-7-15-10)14-9(2)11-5-6-12(13)16-11/h5-6,8-10,14H,3-4,7H2,1-2H3. The van der Waals surface area contributed by atoms with Gasteiger partial charge in [-0.15, -0.1) is 0 Å². The summed E-state index contributed by atoms with van der Waals surface area (Å²) in [6.07, 6.45) is 2.68. The van der Waals surface area contributed by atoms with E-state index < -0.39 is 0 Å². The first-order valence-electron chi connectivity index (χ1n) is 5.79. The molecule has 1 aromatic rings. The molecule has 3 nitrogen and oxygen atoms in total. The summed E-state index contributed by atoms with van der Waals surface area (Å²) in [7, 11) is 0. The van der Waals surface area contributed by atoms with Crippen molar-refractivity contribution in [2.75, 3.05) is 6.61 Å². The SMILES string of the molecule is CC(NC(C)C1CCCO1)c1ccc(Br)o1. The van der Waals surface area contributed by atoms with E-state index in [2.05, 4.69) is 35.1 Å². The molecule has 16 heavy (non-hydrogen) atoms. The van der Waals surface area contributed by atoms with Crippen molar-refractivity contribution < 1.29 is 9.15 Å². The molecule has 2 heterocycles. The zero-order valence-corrected chi connectivity index (χ0v) is 11.3. The first-order valence-corrected chi connectivity index (χ1v) is 6.59. The molecule has 0 radical (unpaired) electrons. The van der Waals surface area contributed by atoms with Gasteiger partial charge in [0.25, 0.3) is 0 Å². The second-order valence-electron chi connectivity index (χ2n) is 4.37. The third kappa shape index (κ3) is 2.87. The predicted octanol–water partition coefficient (Wildman–Crippen LogP) is 3.26. The molecule has 1 fully saturated rings. The number of furan rings is 1. The van der Waals surface area contributed by atoms with Gasteiger partial charge in [0, 0.05) is 12.6 Å². The van der Waals surface area contributed by atoms with Crippen LogP contribution in [0.25, 0.3) is 0 Å². The average Bonchev–Trinajstić information content (AvgIpc) is 2.87. The Balaban J connectivity index is 1.88. The first-order chi connectivity index (χ1) is 7.66. The van der Waals surface area contributed by atoms with Crippen LogP contribution in [0.2, 0.25) is 0 Å². The normalized spacial score (nSPS) is 24.6. The number of rotatable bonds is 4. The highest BCUT2D eigenvalue weighted by Crippen LogP contribution is 2.22. The van der Waals surface area contributed by atoms with Crippen LogP contribution in [0.15, 0.2) is 21.2 Å². The fraction of sp³-hybridized carbons (Fsp3) is 0.667. The van der Waals surface area contributed by atoms with E-state index in [-0.39, 0.29) is 6.04 Å². The summed E-state index contributed by atoms with van der Waals surface area (Å²) < 4.78 is 12.0. The van der Waals surface area contributed by atoms with Gasteiger partial charge in [-0.25, -0.2) is 0 Å². The molecule has 2 rings (SSSR count). The molecule has 4 heteroatoms. The zero-order chi connectivity index (χ0) is 11.5. The number of hydrogen-bond donors (Lipinski definition) is 1. The Labute approximate surface area is 105 Å². The Morgan fingerprint density at radius 1 is 1.44 bits per heavy atom. The molecule has 0 amide bonds. The van der Waals surface area contributed by atoms with Crippen molar-refractivity contribution in [3.05, 3.63) is 22.6 Å². The van der Waals surface area contributed by atoms with Crippen molar-refractivity contribution in [2.45, 2.75) is 44.9 Å². The summed E-state index contributed by atoms with van der Waals surface area (Å²) in [5, 5.41) is 3.51. The van der Waals surface area contributed by atoms with Crippen molar-refractivity contribution >= 4 is 15.9 Å². The van der Waals surface area contributed by atoms with Gasteiger partial charge in [-0.05, 0) is 54.8 Å². The number of hydrogen-bond acceptors (Lipinski definition) is 3. The Hall–Kier alpha value is -0.320. The fourth-order valence-corrected chi connectivity index (χ4v) is 2.46. The van der Waals surface area contributed by atoms with Gasteiger partial charge in [-0.2, -0.15) is 0 Å². The zero-order valence-electron chi connectivity index (χ0n) is 9.70. The predicted molar refractivity (Wildman–Crippen MR) is 66.4 cm³/mol. The summed E-state index contributed by atoms with van der Waals surface area (Å²) >= 11 is 3.31. The van der Waals surface area contributed by atoms with Crippen molar-refractivity contribution in [1.29, 1.82) is 0 Å². The molecule has 0 aliphatic carbocycles. The lowest BCUT2D eigenvalue weighted by Crippen LogP contribution is -2.38. The molecule has 1 aliphatic heterocycles. The maximum atomic E-state index is 5.65. The molecule has 0 spiro atoms. The second-order valence-corrected chi connectivity index (χ2v) is 5.15. The van der Waals surface area contributed by atoms with E-state index in [9.17, 15) is 0 Å². The van der Waals surface area contributed by atoms with Crippen LogP contribution in [-0.4, -0.2) is 18.8 Å². The van der Waals surface area contributed by atoms with Gasteiger partial charge in [0.1, 0.15) is 5.76 Å². The summed E-state index contributed by atoms with van der Waals surface area (Å²) in [6.45, 7) is 5.18. The molecule has 0 saturated carbocycles.